The molecule has 0 bridgehead atoms. The number of rotatable bonds is 4. The van der Waals surface area contributed by atoms with Gasteiger partial charge in [-0.15, -0.1) is 0 Å². The van der Waals surface area contributed by atoms with Crippen molar-refractivity contribution in [3.05, 3.63) is 0 Å². The molecule has 2 fully saturated rings. The smallest absolute Gasteiger partial charge is 0.0105 e. The van der Waals surface area contributed by atoms with E-state index in [9.17, 15) is 0 Å². The first-order valence-electron chi connectivity index (χ1n) is 8.31. The maximum absolute atomic E-state index is 3.57. The van der Waals surface area contributed by atoms with Crippen LogP contribution in [-0.2, 0) is 0 Å². The van der Waals surface area contributed by atoms with Crippen molar-refractivity contribution in [3.8, 4) is 0 Å². The molecule has 0 aromatic heterocycles. The Hall–Kier alpha value is -0.0800. The predicted octanol–water partition coefficient (Wildman–Crippen LogP) is 3.38. The van der Waals surface area contributed by atoms with Gasteiger partial charge in [0.15, 0.2) is 0 Å². The van der Waals surface area contributed by atoms with Crippen molar-refractivity contribution in [2.45, 2.75) is 59.4 Å². The predicted molar refractivity (Wildman–Crippen MR) is 83.4 cm³/mol. The molecule has 1 saturated heterocycles. The summed E-state index contributed by atoms with van der Waals surface area (Å²) in [5.74, 6) is 2.64. The van der Waals surface area contributed by atoms with Crippen LogP contribution in [-0.4, -0.2) is 37.6 Å². The van der Waals surface area contributed by atoms with E-state index in [0.29, 0.717) is 5.41 Å². The van der Waals surface area contributed by atoms with Gasteiger partial charge in [0, 0.05) is 19.1 Å². The zero-order valence-corrected chi connectivity index (χ0v) is 13.7. The minimum absolute atomic E-state index is 0.551. The summed E-state index contributed by atoms with van der Waals surface area (Å²) in [6.07, 6.45) is 5.54. The van der Waals surface area contributed by atoms with E-state index < -0.39 is 0 Å². The van der Waals surface area contributed by atoms with Crippen LogP contribution < -0.4 is 5.32 Å². The molecular weight excluding hydrogens is 232 g/mol. The average Bonchev–Trinajstić information content (AvgIpc) is 2.77. The summed E-state index contributed by atoms with van der Waals surface area (Å²) in [6.45, 7) is 13.7. The van der Waals surface area contributed by atoms with Crippen LogP contribution in [0.25, 0.3) is 0 Å². The summed E-state index contributed by atoms with van der Waals surface area (Å²) in [5.41, 5.74) is 0.551. The third kappa shape index (κ3) is 3.95. The van der Waals surface area contributed by atoms with Crippen molar-refractivity contribution < 1.29 is 0 Å². The van der Waals surface area contributed by atoms with Crippen LogP contribution in [0.1, 0.15) is 53.4 Å². The van der Waals surface area contributed by atoms with Crippen molar-refractivity contribution in [3.63, 3.8) is 0 Å². The number of nitrogens with zero attached hydrogens (tertiary/aromatic N) is 1. The summed E-state index contributed by atoms with van der Waals surface area (Å²) in [4.78, 5) is 2.74. The van der Waals surface area contributed by atoms with Gasteiger partial charge in [-0.1, -0.05) is 27.7 Å². The van der Waals surface area contributed by atoms with Gasteiger partial charge < -0.3 is 10.2 Å². The largest absolute Gasteiger partial charge is 0.317 e. The van der Waals surface area contributed by atoms with Crippen molar-refractivity contribution in [1.82, 2.24) is 10.2 Å². The summed E-state index contributed by atoms with van der Waals surface area (Å²) >= 11 is 0. The van der Waals surface area contributed by atoms with E-state index >= 15 is 0 Å². The molecule has 3 atom stereocenters. The molecule has 112 valence electrons. The Labute approximate surface area is 120 Å². The SMILES string of the molecule is CNC1CCC(C)(C)CC1CN1CCC(C(C)C)C1. The van der Waals surface area contributed by atoms with E-state index in [4.69, 9.17) is 0 Å². The molecular formula is C17H34N2. The lowest BCUT2D eigenvalue weighted by molar-refractivity contribution is 0.109. The van der Waals surface area contributed by atoms with Crippen LogP contribution in [0.2, 0.25) is 0 Å². The second-order valence-electron chi connectivity index (χ2n) is 8.11. The van der Waals surface area contributed by atoms with Gasteiger partial charge in [0.1, 0.15) is 0 Å². The van der Waals surface area contributed by atoms with Crippen molar-refractivity contribution >= 4 is 0 Å². The molecule has 0 spiro atoms. The first-order valence-corrected chi connectivity index (χ1v) is 8.31. The van der Waals surface area contributed by atoms with Crippen LogP contribution in [0.3, 0.4) is 0 Å². The molecule has 0 radical (unpaired) electrons. The molecule has 1 N–H and O–H groups in total. The van der Waals surface area contributed by atoms with E-state index in [0.717, 1.165) is 23.8 Å². The molecule has 19 heavy (non-hydrogen) atoms. The van der Waals surface area contributed by atoms with Gasteiger partial charge in [-0.05, 0) is 62.4 Å². The first-order chi connectivity index (χ1) is 8.91. The maximum atomic E-state index is 3.57. The Morgan fingerprint density at radius 2 is 2.00 bits per heavy atom. The first kappa shape index (κ1) is 15.3. The molecule has 1 aliphatic heterocycles. The fourth-order valence-electron chi connectivity index (χ4n) is 4.21. The fourth-order valence-corrected chi connectivity index (χ4v) is 4.21. The Bertz CT molecular complexity index is 285. The maximum Gasteiger partial charge on any atom is 0.0105 e. The van der Waals surface area contributed by atoms with Gasteiger partial charge >= 0.3 is 0 Å². The molecule has 2 aliphatic rings. The average molecular weight is 266 g/mol. The molecule has 1 aliphatic carbocycles. The molecule has 3 unspecified atom stereocenters. The standard InChI is InChI=1S/C17H34N2/c1-13(2)14-7-9-19(11-14)12-15-10-17(3,4)8-6-16(15)18-5/h13-16,18H,6-12H2,1-5H3. The monoisotopic (exact) mass is 266 g/mol. The zero-order chi connectivity index (χ0) is 14.0. The molecule has 2 nitrogen and oxygen atoms in total. The third-order valence-electron chi connectivity index (χ3n) is 5.63. The van der Waals surface area contributed by atoms with Gasteiger partial charge in [-0.25, -0.2) is 0 Å². The Kier molecular flexibility index (Phi) is 4.94. The Morgan fingerprint density at radius 1 is 1.26 bits per heavy atom. The van der Waals surface area contributed by atoms with Gasteiger partial charge in [-0.3, -0.25) is 0 Å². The molecule has 1 heterocycles. The highest BCUT2D eigenvalue weighted by molar-refractivity contribution is 4.91. The highest BCUT2D eigenvalue weighted by atomic mass is 15.2. The van der Waals surface area contributed by atoms with E-state index in [1.54, 1.807) is 0 Å². The summed E-state index contributed by atoms with van der Waals surface area (Å²) in [6, 6.07) is 0.742. The van der Waals surface area contributed by atoms with Gasteiger partial charge in [0.05, 0.1) is 0 Å². The van der Waals surface area contributed by atoms with E-state index in [1.165, 1.54) is 45.3 Å². The van der Waals surface area contributed by atoms with Crippen molar-refractivity contribution in [2.75, 3.05) is 26.7 Å². The van der Waals surface area contributed by atoms with Gasteiger partial charge in [0.25, 0.3) is 0 Å². The number of nitrogens with one attached hydrogen (secondary N) is 1. The Balaban J connectivity index is 1.89. The molecule has 0 amide bonds. The van der Waals surface area contributed by atoms with Crippen LogP contribution >= 0.6 is 0 Å². The van der Waals surface area contributed by atoms with Crippen LogP contribution in [0.5, 0.6) is 0 Å². The lowest BCUT2D eigenvalue weighted by atomic mass is 9.69. The van der Waals surface area contributed by atoms with Crippen molar-refractivity contribution in [1.29, 1.82) is 0 Å². The molecule has 0 aromatic carbocycles. The molecule has 2 rings (SSSR count). The van der Waals surface area contributed by atoms with E-state index in [1.807, 2.05) is 0 Å². The fraction of sp³-hybridized carbons (Fsp3) is 1.00. The lowest BCUT2D eigenvalue weighted by Gasteiger charge is -2.42. The summed E-state index contributed by atoms with van der Waals surface area (Å²) in [5, 5.41) is 3.57. The third-order valence-corrected chi connectivity index (χ3v) is 5.63. The normalized spacial score (nSPS) is 36.0. The highest BCUT2D eigenvalue weighted by Gasteiger charge is 2.36. The Morgan fingerprint density at radius 3 is 2.58 bits per heavy atom. The lowest BCUT2D eigenvalue weighted by Crippen LogP contribution is -2.46. The van der Waals surface area contributed by atoms with Gasteiger partial charge in [0.2, 0.25) is 0 Å². The zero-order valence-electron chi connectivity index (χ0n) is 13.7. The molecule has 1 saturated carbocycles. The second-order valence-corrected chi connectivity index (χ2v) is 8.11. The van der Waals surface area contributed by atoms with Crippen LogP contribution in [0.15, 0.2) is 0 Å². The highest BCUT2D eigenvalue weighted by Crippen LogP contribution is 2.39. The van der Waals surface area contributed by atoms with E-state index in [-0.39, 0.29) is 0 Å². The van der Waals surface area contributed by atoms with Gasteiger partial charge in [-0.2, -0.15) is 0 Å². The quantitative estimate of drug-likeness (QED) is 0.839. The summed E-state index contributed by atoms with van der Waals surface area (Å²) < 4.78 is 0. The minimum Gasteiger partial charge on any atom is -0.317 e. The summed E-state index contributed by atoms with van der Waals surface area (Å²) in [7, 11) is 2.15. The topological polar surface area (TPSA) is 15.3 Å². The van der Waals surface area contributed by atoms with Crippen molar-refractivity contribution in [2.24, 2.45) is 23.2 Å². The van der Waals surface area contributed by atoms with Crippen LogP contribution in [0.4, 0.5) is 0 Å². The number of hydrogen-bond acceptors (Lipinski definition) is 2. The van der Waals surface area contributed by atoms with E-state index in [2.05, 4.69) is 45.0 Å². The number of likely N-dealkylation sites (tertiary alicyclic amines) is 1. The number of hydrogen-bond donors (Lipinski definition) is 1. The molecule has 2 heteroatoms. The molecule has 0 aromatic rings. The minimum atomic E-state index is 0.551. The van der Waals surface area contributed by atoms with Crippen LogP contribution in [0, 0.1) is 23.2 Å². The second kappa shape index (κ2) is 6.13.